The van der Waals surface area contributed by atoms with Gasteiger partial charge in [-0.2, -0.15) is 0 Å². The second-order valence-electron chi connectivity index (χ2n) is 3.52. The summed E-state index contributed by atoms with van der Waals surface area (Å²) in [6.07, 6.45) is 1.62. The fraction of sp³-hybridized carbons (Fsp3) is 0.167. The third-order valence-corrected chi connectivity index (χ3v) is 2.76. The molecular formula is C12H13IN2O3. The summed E-state index contributed by atoms with van der Waals surface area (Å²) in [5, 5.41) is 13.8. The first kappa shape index (κ1) is 14.5. The Hall–Kier alpha value is -1.57. The molecule has 0 saturated carbocycles. The molecule has 0 aliphatic heterocycles. The molecule has 0 spiro atoms. The first-order chi connectivity index (χ1) is 8.52. The van der Waals surface area contributed by atoms with Crippen LogP contribution >= 0.6 is 22.6 Å². The van der Waals surface area contributed by atoms with E-state index in [-0.39, 0.29) is 6.42 Å². The van der Waals surface area contributed by atoms with Gasteiger partial charge in [-0.05, 0) is 47.2 Å². The van der Waals surface area contributed by atoms with Crippen molar-refractivity contribution < 1.29 is 14.7 Å². The van der Waals surface area contributed by atoms with Gasteiger partial charge >= 0.3 is 12.0 Å². The van der Waals surface area contributed by atoms with Crippen molar-refractivity contribution in [2.45, 2.75) is 12.5 Å². The number of hydrogen-bond donors (Lipinski definition) is 3. The minimum absolute atomic E-state index is 0.176. The number of amides is 2. The number of nitrogens with one attached hydrogen (secondary N) is 2. The number of urea groups is 1. The van der Waals surface area contributed by atoms with Crippen LogP contribution in [0, 0.1) is 3.57 Å². The van der Waals surface area contributed by atoms with E-state index in [9.17, 15) is 9.59 Å². The second-order valence-corrected chi connectivity index (χ2v) is 4.77. The maximum atomic E-state index is 11.6. The average Bonchev–Trinajstić information content (AvgIpc) is 2.28. The molecule has 1 aromatic carbocycles. The number of carboxylic acid groups (broad SMARTS) is 1. The zero-order valence-corrected chi connectivity index (χ0v) is 11.7. The lowest BCUT2D eigenvalue weighted by Gasteiger charge is -2.13. The normalized spacial score (nSPS) is 11.4. The van der Waals surface area contributed by atoms with Crippen molar-refractivity contribution in [3.05, 3.63) is 40.5 Å². The minimum atomic E-state index is -1.09. The van der Waals surface area contributed by atoms with Gasteiger partial charge in [-0.15, -0.1) is 6.58 Å². The second kappa shape index (κ2) is 7.00. The average molecular weight is 360 g/mol. The molecule has 0 aromatic heterocycles. The summed E-state index contributed by atoms with van der Waals surface area (Å²) in [7, 11) is 0. The minimum Gasteiger partial charge on any atom is -0.480 e. The van der Waals surface area contributed by atoms with Gasteiger partial charge in [0.1, 0.15) is 6.04 Å². The molecule has 0 radical (unpaired) electrons. The van der Waals surface area contributed by atoms with Crippen LogP contribution in [0.25, 0.3) is 0 Å². The molecule has 0 aliphatic carbocycles. The Labute approximate surface area is 118 Å². The van der Waals surface area contributed by atoms with Crippen LogP contribution in [0.15, 0.2) is 36.9 Å². The van der Waals surface area contributed by atoms with Crippen molar-refractivity contribution in [1.82, 2.24) is 5.32 Å². The van der Waals surface area contributed by atoms with E-state index in [4.69, 9.17) is 5.11 Å². The SMILES string of the molecule is C=CCC(NC(=O)Nc1cccc(I)c1)C(=O)O. The van der Waals surface area contributed by atoms with E-state index in [0.29, 0.717) is 5.69 Å². The van der Waals surface area contributed by atoms with Crippen LogP contribution in [0.4, 0.5) is 10.5 Å². The number of carbonyl (C=O) groups excluding carboxylic acids is 1. The number of carboxylic acids is 1. The van der Waals surface area contributed by atoms with Crippen LogP contribution in [0.1, 0.15) is 6.42 Å². The van der Waals surface area contributed by atoms with E-state index >= 15 is 0 Å². The highest BCUT2D eigenvalue weighted by Crippen LogP contribution is 2.12. The fourth-order valence-corrected chi connectivity index (χ4v) is 1.82. The van der Waals surface area contributed by atoms with Gasteiger partial charge in [-0.25, -0.2) is 9.59 Å². The molecular weight excluding hydrogens is 347 g/mol. The quantitative estimate of drug-likeness (QED) is 0.558. The summed E-state index contributed by atoms with van der Waals surface area (Å²) < 4.78 is 0.978. The molecule has 18 heavy (non-hydrogen) atoms. The highest BCUT2D eigenvalue weighted by Gasteiger charge is 2.17. The van der Waals surface area contributed by atoms with Crippen LogP contribution in [-0.2, 0) is 4.79 Å². The number of carbonyl (C=O) groups is 2. The molecule has 0 fully saturated rings. The van der Waals surface area contributed by atoms with Gasteiger partial charge in [0.05, 0.1) is 0 Å². The first-order valence-electron chi connectivity index (χ1n) is 5.19. The number of benzene rings is 1. The van der Waals surface area contributed by atoms with Crippen molar-refractivity contribution >= 4 is 40.3 Å². The third-order valence-electron chi connectivity index (χ3n) is 2.09. The molecule has 1 unspecified atom stereocenters. The van der Waals surface area contributed by atoms with Crippen molar-refractivity contribution in [2.24, 2.45) is 0 Å². The number of aliphatic carboxylic acids is 1. The number of rotatable bonds is 5. The Morgan fingerprint density at radius 3 is 2.78 bits per heavy atom. The van der Waals surface area contributed by atoms with E-state index in [1.54, 1.807) is 18.2 Å². The Balaban J connectivity index is 2.60. The number of halogens is 1. The molecule has 0 heterocycles. The largest absolute Gasteiger partial charge is 0.480 e. The molecule has 1 aromatic rings. The summed E-state index contributed by atoms with van der Waals surface area (Å²) in [5.74, 6) is -1.09. The molecule has 0 aliphatic rings. The molecule has 0 saturated heterocycles. The zero-order chi connectivity index (χ0) is 13.5. The lowest BCUT2D eigenvalue weighted by Crippen LogP contribution is -2.42. The van der Waals surface area contributed by atoms with Gasteiger partial charge in [-0.3, -0.25) is 0 Å². The van der Waals surface area contributed by atoms with Gasteiger partial charge in [0.15, 0.2) is 0 Å². The predicted octanol–water partition coefficient (Wildman–Crippen LogP) is 2.44. The van der Waals surface area contributed by atoms with Gasteiger partial charge in [0, 0.05) is 9.26 Å². The van der Waals surface area contributed by atoms with Crippen molar-refractivity contribution in [3.8, 4) is 0 Å². The Morgan fingerprint density at radius 1 is 1.50 bits per heavy atom. The predicted molar refractivity (Wildman–Crippen MR) is 77.6 cm³/mol. The van der Waals surface area contributed by atoms with Gasteiger partial charge in [0.25, 0.3) is 0 Å². The molecule has 1 atom stereocenters. The van der Waals surface area contributed by atoms with E-state index in [2.05, 4.69) is 39.8 Å². The summed E-state index contributed by atoms with van der Waals surface area (Å²) in [6.45, 7) is 3.45. The lowest BCUT2D eigenvalue weighted by molar-refractivity contribution is -0.139. The maximum Gasteiger partial charge on any atom is 0.326 e. The van der Waals surface area contributed by atoms with Crippen LogP contribution in [0.3, 0.4) is 0 Å². The van der Waals surface area contributed by atoms with Crippen LogP contribution < -0.4 is 10.6 Å². The van der Waals surface area contributed by atoms with Crippen LogP contribution in [-0.4, -0.2) is 23.1 Å². The Kier molecular flexibility index (Phi) is 5.63. The molecule has 96 valence electrons. The van der Waals surface area contributed by atoms with Crippen molar-refractivity contribution in [2.75, 3.05) is 5.32 Å². The van der Waals surface area contributed by atoms with Gasteiger partial charge < -0.3 is 15.7 Å². The summed E-state index contributed by atoms with van der Waals surface area (Å²) in [4.78, 5) is 22.4. The molecule has 2 amide bonds. The Morgan fingerprint density at radius 2 is 2.22 bits per heavy atom. The van der Waals surface area contributed by atoms with E-state index in [1.807, 2.05) is 6.07 Å². The first-order valence-corrected chi connectivity index (χ1v) is 6.27. The molecule has 1 rings (SSSR count). The Bertz CT molecular complexity index is 462. The van der Waals surface area contributed by atoms with E-state index < -0.39 is 18.0 Å². The van der Waals surface area contributed by atoms with Crippen molar-refractivity contribution in [1.29, 1.82) is 0 Å². The molecule has 0 bridgehead atoms. The fourth-order valence-electron chi connectivity index (χ4n) is 1.28. The highest BCUT2D eigenvalue weighted by atomic mass is 127. The molecule has 6 heteroatoms. The number of anilines is 1. The molecule has 3 N–H and O–H groups in total. The third kappa shape index (κ3) is 4.74. The number of hydrogen-bond acceptors (Lipinski definition) is 2. The van der Waals surface area contributed by atoms with E-state index in [1.165, 1.54) is 6.08 Å². The van der Waals surface area contributed by atoms with Gasteiger partial charge in [0.2, 0.25) is 0 Å². The monoisotopic (exact) mass is 360 g/mol. The summed E-state index contributed by atoms with van der Waals surface area (Å²) in [5.41, 5.74) is 0.613. The topological polar surface area (TPSA) is 78.4 Å². The summed E-state index contributed by atoms with van der Waals surface area (Å²) in [6, 6.07) is 5.68. The molecule has 5 nitrogen and oxygen atoms in total. The summed E-state index contributed by atoms with van der Waals surface area (Å²) >= 11 is 2.12. The van der Waals surface area contributed by atoms with Crippen LogP contribution in [0.2, 0.25) is 0 Å². The van der Waals surface area contributed by atoms with Crippen LogP contribution in [0.5, 0.6) is 0 Å². The van der Waals surface area contributed by atoms with Gasteiger partial charge in [-0.1, -0.05) is 12.1 Å². The standard InChI is InChI=1S/C12H13IN2O3/c1-2-4-10(11(16)17)15-12(18)14-9-6-3-5-8(13)7-9/h2-3,5-7,10H,1,4H2,(H,16,17)(H2,14,15,18). The highest BCUT2D eigenvalue weighted by molar-refractivity contribution is 14.1. The van der Waals surface area contributed by atoms with Crippen molar-refractivity contribution in [3.63, 3.8) is 0 Å². The zero-order valence-electron chi connectivity index (χ0n) is 9.52. The van der Waals surface area contributed by atoms with E-state index in [0.717, 1.165) is 3.57 Å². The smallest absolute Gasteiger partial charge is 0.326 e. The maximum absolute atomic E-state index is 11.6. The lowest BCUT2D eigenvalue weighted by atomic mass is 10.2.